The molecule has 1 aromatic rings. The van der Waals surface area contributed by atoms with Crippen molar-refractivity contribution >= 4 is 15.9 Å². The predicted molar refractivity (Wildman–Crippen MR) is 51.1 cm³/mol. The normalized spacial score (nSPS) is 10.5. The van der Waals surface area contributed by atoms with Crippen molar-refractivity contribution in [1.82, 2.24) is 5.32 Å². The summed E-state index contributed by atoms with van der Waals surface area (Å²) in [5.74, 6) is -1.10. The van der Waals surface area contributed by atoms with E-state index in [0.717, 1.165) is 0 Å². The Morgan fingerprint density at radius 3 is 2.31 bits per heavy atom. The molecule has 1 nitrogen and oxygen atoms in total. The topological polar surface area (TPSA) is 12.0 Å². The van der Waals surface area contributed by atoms with Crippen LogP contribution in [0.2, 0.25) is 0 Å². The molecule has 1 radical (unpaired) electrons. The fourth-order valence-corrected chi connectivity index (χ4v) is 1.36. The third-order valence-corrected chi connectivity index (χ3v) is 2.04. The van der Waals surface area contributed by atoms with Crippen LogP contribution >= 0.6 is 15.9 Å². The van der Waals surface area contributed by atoms with E-state index in [9.17, 15) is 8.78 Å². The molecule has 71 valence electrons. The summed E-state index contributed by atoms with van der Waals surface area (Å²) in [6.07, 6.45) is 0. The second kappa shape index (κ2) is 4.67. The molecule has 13 heavy (non-hydrogen) atoms. The van der Waals surface area contributed by atoms with Gasteiger partial charge in [-0.3, -0.25) is 0 Å². The van der Waals surface area contributed by atoms with Crippen LogP contribution in [-0.4, -0.2) is 6.54 Å². The van der Waals surface area contributed by atoms with Crippen LogP contribution in [-0.2, 0) is 6.54 Å². The average molecular weight is 249 g/mol. The summed E-state index contributed by atoms with van der Waals surface area (Å²) in [5.41, 5.74) is 0.0480. The molecule has 0 atom stereocenters. The zero-order valence-electron chi connectivity index (χ0n) is 6.91. The van der Waals surface area contributed by atoms with Crippen LogP contribution in [0.15, 0.2) is 16.6 Å². The average Bonchev–Trinajstić information content (AvgIpc) is 2.02. The first-order chi connectivity index (χ1) is 6.15. The van der Waals surface area contributed by atoms with E-state index in [2.05, 4.69) is 28.2 Å². The SMILES string of the molecule is [CH2]CNCc1c(F)cc(Br)cc1F. The number of halogens is 3. The van der Waals surface area contributed by atoms with E-state index in [1.807, 2.05) is 0 Å². The lowest BCUT2D eigenvalue weighted by Crippen LogP contribution is -2.14. The number of hydrogen-bond acceptors (Lipinski definition) is 1. The molecule has 0 fully saturated rings. The van der Waals surface area contributed by atoms with Gasteiger partial charge in [0.1, 0.15) is 11.6 Å². The first kappa shape index (κ1) is 10.6. The van der Waals surface area contributed by atoms with Gasteiger partial charge in [0.15, 0.2) is 0 Å². The van der Waals surface area contributed by atoms with Crippen molar-refractivity contribution in [3.63, 3.8) is 0 Å². The zero-order chi connectivity index (χ0) is 9.84. The van der Waals surface area contributed by atoms with E-state index < -0.39 is 11.6 Å². The van der Waals surface area contributed by atoms with E-state index in [4.69, 9.17) is 0 Å². The van der Waals surface area contributed by atoms with Gasteiger partial charge in [0.2, 0.25) is 0 Å². The molecule has 0 amide bonds. The first-order valence-corrected chi connectivity index (χ1v) is 4.58. The Morgan fingerprint density at radius 2 is 1.85 bits per heavy atom. The van der Waals surface area contributed by atoms with Crippen molar-refractivity contribution in [2.45, 2.75) is 6.54 Å². The fourth-order valence-electron chi connectivity index (χ4n) is 0.954. The van der Waals surface area contributed by atoms with Gasteiger partial charge in [-0.15, -0.1) is 0 Å². The Labute approximate surface area is 84.3 Å². The Balaban J connectivity index is 2.92. The lowest BCUT2D eigenvalue weighted by Gasteiger charge is -2.05. The maximum atomic E-state index is 13.1. The van der Waals surface area contributed by atoms with Crippen LogP contribution < -0.4 is 5.32 Å². The summed E-state index contributed by atoms with van der Waals surface area (Å²) in [4.78, 5) is 0. The molecule has 0 spiro atoms. The zero-order valence-corrected chi connectivity index (χ0v) is 8.50. The Bertz CT molecular complexity index is 279. The monoisotopic (exact) mass is 248 g/mol. The molecule has 0 aliphatic rings. The summed E-state index contributed by atoms with van der Waals surface area (Å²) < 4.78 is 26.6. The second-order valence-corrected chi connectivity index (χ2v) is 3.44. The van der Waals surface area contributed by atoms with Crippen LogP contribution in [0.1, 0.15) is 5.56 Å². The summed E-state index contributed by atoms with van der Waals surface area (Å²) in [6, 6.07) is 2.48. The molecular formula is C9H9BrF2N. The largest absolute Gasteiger partial charge is 0.312 e. The van der Waals surface area contributed by atoms with Gasteiger partial charge in [-0.2, -0.15) is 0 Å². The highest BCUT2D eigenvalue weighted by Gasteiger charge is 2.09. The minimum atomic E-state index is -0.548. The highest BCUT2D eigenvalue weighted by atomic mass is 79.9. The standard InChI is InChI=1S/C9H9BrF2N/c1-2-13-5-7-8(11)3-6(10)4-9(7)12/h3-4,13H,1-2,5H2. The van der Waals surface area contributed by atoms with Gasteiger partial charge < -0.3 is 5.32 Å². The smallest absolute Gasteiger partial charge is 0.131 e. The van der Waals surface area contributed by atoms with Crippen molar-refractivity contribution in [3.8, 4) is 0 Å². The van der Waals surface area contributed by atoms with E-state index >= 15 is 0 Å². The van der Waals surface area contributed by atoms with Gasteiger partial charge >= 0.3 is 0 Å². The molecule has 4 heteroatoms. The minimum Gasteiger partial charge on any atom is -0.312 e. The van der Waals surface area contributed by atoms with Gasteiger partial charge in [0.25, 0.3) is 0 Å². The van der Waals surface area contributed by atoms with E-state index in [-0.39, 0.29) is 12.1 Å². The summed E-state index contributed by atoms with van der Waals surface area (Å²) in [5, 5.41) is 2.76. The van der Waals surface area contributed by atoms with E-state index in [0.29, 0.717) is 11.0 Å². The number of nitrogens with one attached hydrogen (secondary N) is 1. The molecule has 0 bridgehead atoms. The molecule has 0 heterocycles. The van der Waals surface area contributed by atoms with Gasteiger partial charge in [-0.05, 0) is 25.6 Å². The van der Waals surface area contributed by atoms with Gasteiger partial charge in [-0.25, -0.2) is 8.78 Å². The molecule has 0 aliphatic heterocycles. The molecular weight excluding hydrogens is 240 g/mol. The Morgan fingerprint density at radius 1 is 1.31 bits per heavy atom. The number of benzene rings is 1. The Hall–Kier alpha value is -0.480. The number of rotatable bonds is 3. The van der Waals surface area contributed by atoms with Crippen LogP contribution in [0.25, 0.3) is 0 Å². The molecule has 0 saturated heterocycles. The second-order valence-electron chi connectivity index (χ2n) is 2.52. The molecule has 0 unspecified atom stereocenters. The van der Waals surface area contributed by atoms with Gasteiger partial charge in [0.05, 0.1) is 0 Å². The molecule has 0 saturated carbocycles. The maximum Gasteiger partial charge on any atom is 0.131 e. The van der Waals surface area contributed by atoms with Crippen LogP contribution in [0.5, 0.6) is 0 Å². The van der Waals surface area contributed by atoms with Gasteiger partial charge in [0, 0.05) is 16.6 Å². The summed E-state index contributed by atoms with van der Waals surface area (Å²) >= 11 is 3.00. The van der Waals surface area contributed by atoms with Crippen molar-refractivity contribution in [2.75, 3.05) is 6.54 Å². The highest BCUT2D eigenvalue weighted by molar-refractivity contribution is 9.10. The van der Waals surface area contributed by atoms with Crippen molar-refractivity contribution in [3.05, 3.63) is 40.7 Å². The number of hydrogen-bond donors (Lipinski definition) is 1. The van der Waals surface area contributed by atoms with E-state index in [1.54, 1.807) is 0 Å². The lowest BCUT2D eigenvalue weighted by atomic mass is 10.2. The summed E-state index contributed by atoms with van der Waals surface area (Å²) in [6.45, 7) is 4.11. The molecule has 1 rings (SSSR count). The Kier molecular flexibility index (Phi) is 3.81. The van der Waals surface area contributed by atoms with E-state index in [1.165, 1.54) is 12.1 Å². The highest BCUT2D eigenvalue weighted by Crippen LogP contribution is 2.18. The van der Waals surface area contributed by atoms with Gasteiger partial charge in [-0.1, -0.05) is 15.9 Å². The molecule has 0 aromatic heterocycles. The maximum absolute atomic E-state index is 13.1. The lowest BCUT2D eigenvalue weighted by molar-refractivity contribution is 0.541. The third-order valence-electron chi connectivity index (χ3n) is 1.58. The third kappa shape index (κ3) is 2.74. The molecule has 1 aromatic carbocycles. The predicted octanol–water partition coefficient (Wildman–Crippen LogP) is 2.65. The van der Waals surface area contributed by atoms with Crippen LogP contribution in [0.4, 0.5) is 8.78 Å². The van der Waals surface area contributed by atoms with Crippen molar-refractivity contribution < 1.29 is 8.78 Å². The van der Waals surface area contributed by atoms with Crippen molar-refractivity contribution in [1.29, 1.82) is 0 Å². The minimum absolute atomic E-state index is 0.0480. The molecule has 1 N–H and O–H groups in total. The summed E-state index contributed by atoms with van der Waals surface area (Å²) in [7, 11) is 0. The van der Waals surface area contributed by atoms with Crippen molar-refractivity contribution in [2.24, 2.45) is 0 Å². The first-order valence-electron chi connectivity index (χ1n) is 3.78. The molecule has 0 aliphatic carbocycles. The van der Waals surface area contributed by atoms with Crippen LogP contribution in [0, 0.1) is 18.6 Å². The fraction of sp³-hybridized carbons (Fsp3) is 0.222. The quantitative estimate of drug-likeness (QED) is 0.868. The van der Waals surface area contributed by atoms with Crippen LogP contribution in [0.3, 0.4) is 0 Å².